The average Bonchev–Trinajstić information content (AvgIpc) is 3.20. The first-order chi connectivity index (χ1) is 15.1. The first-order valence-corrected chi connectivity index (χ1v) is 10.6. The molecule has 3 heterocycles. The Balaban J connectivity index is 1.24. The molecule has 1 aromatic carbocycles. The van der Waals surface area contributed by atoms with Gasteiger partial charge in [0.15, 0.2) is 5.89 Å². The highest BCUT2D eigenvalue weighted by Gasteiger charge is 2.27. The van der Waals surface area contributed by atoms with Crippen LogP contribution in [-0.4, -0.2) is 86.7 Å². The van der Waals surface area contributed by atoms with Gasteiger partial charge in [0, 0.05) is 65.0 Å². The van der Waals surface area contributed by atoms with Crippen molar-refractivity contribution in [1.82, 2.24) is 14.8 Å². The van der Waals surface area contributed by atoms with Gasteiger partial charge in [0.1, 0.15) is 11.8 Å². The maximum Gasteiger partial charge on any atom is 0.236 e. The second kappa shape index (κ2) is 9.27. The van der Waals surface area contributed by atoms with E-state index in [-0.39, 0.29) is 5.91 Å². The van der Waals surface area contributed by atoms with E-state index < -0.39 is 0 Å². The number of piperazine rings is 2. The monoisotopic (exact) mass is 424 g/mol. The third-order valence-electron chi connectivity index (χ3n) is 5.91. The zero-order valence-corrected chi connectivity index (χ0v) is 18.1. The van der Waals surface area contributed by atoms with Crippen molar-refractivity contribution in [2.75, 3.05) is 75.8 Å². The van der Waals surface area contributed by atoms with Gasteiger partial charge in [0.25, 0.3) is 0 Å². The minimum atomic E-state index is 0.159. The Bertz CT molecular complexity index is 935. The number of methoxy groups -OCH3 is 1. The summed E-state index contributed by atoms with van der Waals surface area (Å²) in [5.41, 5.74) is 1.49. The summed E-state index contributed by atoms with van der Waals surface area (Å²) in [7, 11) is 1.67. The number of nitrogens with zero attached hydrogens (tertiary/aromatic N) is 6. The molecule has 0 N–H and O–H groups in total. The van der Waals surface area contributed by atoms with Crippen LogP contribution in [0.25, 0.3) is 0 Å². The van der Waals surface area contributed by atoms with E-state index in [1.54, 1.807) is 14.0 Å². The van der Waals surface area contributed by atoms with Crippen molar-refractivity contribution in [2.24, 2.45) is 0 Å². The highest BCUT2D eigenvalue weighted by atomic mass is 16.5. The van der Waals surface area contributed by atoms with E-state index in [1.165, 1.54) is 5.69 Å². The molecule has 0 saturated carbocycles. The van der Waals surface area contributed by atoms with Crippen LogP contribution in [0.1, 0.15) is 11.6 Å². The molecule has 4 rings (SSSR count). The number of benzene rings is 1. The summed E-state index contributed by atoms with van der Waals surface area (Å²) in [6, 6.07) is 10.2. The van der Waals surface area contributed by atoms with E-state index in [2.05, 4.69) is 33.0 Å². The van der Waals surface area contributed by atoms with Crippen LogP contribution in [0.5, 0.6) is 5.75 Å². The molecule has 0 unspecified atom stereocenters. The predicted molar refractivity (Wildman–Crippen MR) is 116 cm³/mol. The lowest BCUT2D eigenvalue weighted by molar-refractivity contribution is -0.132. The molecule has 2 aliphatic heterocycles. The molecule has 0 aliphatic carbocycles. The first-order valence-electron chi connectivity index (χ1n) is 10.6. The minimum Gasteiger partial charge on any atom is -0.497 e. The second-order valence-electron chi connectivity index (χ2n) is 7.83. The Morgan fingerprint density at radius 3 is 2.32 bits per heavy atom. The topological polar surface area (TPSA) is 89.1 Å². The molecule has 0 bridgehead atoms. The van der Waals surface area contributed by atoms with Gasteiger partial charge in [-0.15, -0.1) is 0 Å². The molecule has 0 radical (unpaired) electrons. The number of amides is 1. The van der Waals surface area contributed by atoms with Crippen LogP contribution >= 0.6 is 0 Å². The fraction of sp³-hybridized carbons (Fsp3) is 0.500. The van der Waals surface area contributed by atoms with Crippen LogP contribution < -0.4 is 14.5 Å². The quantitative estimate of drug-likeness (QED) is 0.710. The molecular formula is C22H28N6O3. The number of hydrogen-bond donors (Lipinski definition) is 0. The van der Waals surface area contributed by atoms with E-state index in [0.717, 1.165) is 31.9 Å². The number of aromatic nitrogens is 1. The molecule has 0 spiro atoms. The molecule has 2 saturated heterocycles. The highest BCUT2D eigenvalue weighted by Crippen LogP contribution is 2.23. The van der Waals surface area contributed by atoms with Gasteiger partial charge in [0.05, 0.1) is 13.7 Å². The average molecular weight is 425 g/mol. The standard InChI is InChI=1S/C22H28N6O3/c1-17-24-20(15-23)22(31-17)28-13-11-27(12-14-28)21(29)16-25-7-9-26(10-8-25)18-3-5-19(30-2)6-4-18/h3-6H,7-14,16H2,1-2H3. The van der Waals surface area contributed by atoms with Gasteiger partial charge in [-0.2, -0.15) is 5.26 Å². The molecule has 1 aromatic heterocycles. The first kappa shape index (κ1) is 21.0. The van der Waals surface area contributed by atoms with Crippen LogP contribution in [-0.2, 0) is 4.79 Å². The van der Waals surface area contributed by atoms with Crippen LogP contribution in [0.2, 0.25) is 0 Å². The Morgan fingerprint density at radius 2 is 1.71 bits per heavy atom. The third-order valence-corrected chi connectivity index (χ3v) is 5.91. The van der Waals surface area contributed by atoms with E-state index >= 15 is 0 Å². The number of oxazole rings is 1. The largest absolute Gasteiger partial charge is 0.497 e. The lowest BCUT2D eigenvalue weighted by Gasteiger charge is -2.38. The van der Waals surface area contributed by atoms with Gasteiger partial charge in [-0.3, -0.25) is 9.69 Å². The van der Waals surface area contributed by atoms with Crippen molar-refractivity contribution in [3.05, 3.63) is 35.9 Å². The fourth-order valence-electron chi connectivity index (χ4n) is 4.11. The summed E-state index contributed by atoms with van der Waals surface area (Å²) in [5, 5.41) is 9.22. The molecule has 2 aromatic rings. The van der Waals surface area contributed by atoms with E-state index in [4.69, 9.17) is 9.15 Å². The molecule has 9 nitrogen and oxygen atoms in total. The summed E-state index contributed by atoms with van der Waals surface area (Å²) in [6.07, 6.45) is 0. The number of aryl methyl sites for hydroxylation is 1. The number of hydrogen-bond acceptors (Lipinski definition) is 8. The summed E-state index contributed by atoms with van der Waals surface area (Å²) in [4.78, 5) is 25.4. The van der Waals surface area contributed by atoms with Crippen LogP contribution in [0, 0.1) is 18.3 Å². The van der Waals surface area contributed by atoms with Crippen LogP contribution in [0.4, 0.5) is 11.6 Å². The van der Waals surface area contributed by atoms with Gasteiger partial charge in [-0.05, 0) is 24.3 Å². The molecule has 0 atom stereocenters. The minimum absolute atomic E-state index is 0.159. The second-order valence-corrected chi connectivity index (χ2v) is 7.83. The summed E-state index contributed by atoms with van der Waals surface area (Å²) in [6.45, 7) is 8.22. The van der Waals surface area contributed by atoms with Crippen molar-refractivity contribution >= 4 is 17.5 Å². The SMILES string of the molecule is COc1ccc(N2CCN(CC(=O)N3CCN(c4oc(C)nc4C#N)CC3)CC2)cc1. The van der Waals surface area contributed by atoms with E-state index in [1.807, 2.05) is 21.9 Å². The maximum atomic E-state index is 12.8. The molecule has 31 heavy (non-hydrogen) atoms. The Morgan fingerprint density at radius 1 is 1.06 bits per heavy atom. The zero-order chi connectivity index (χ0) is 21.8. The highest BCUT2D eigenvalue weighted by molar-refractivity contribution is 5.78. The number of ether oxygens (including phenoxy) is 1. The Labute approximate surface area is 182 Å². The normalized spacial score (nSPS) is 17.5. The van der Waals surface area contributed by atoms with E-state index in [9.17, 15) is 10.1 Å². The Hall–Kier alpha value is -3.25. The lowest BCUT2D eigenvalue weighted by Crippen LogP contribution is -2.54. The fourth-order valence-corrected chi connectivity index (χ4v) is 4.11. The molecule has 9 heteroatoms. The van der Waals surface area contributed by atoms with Crippen molar-refractivity contribution in [3.63, 3.8) is 0 Å². The lowest BCUT2D eigenvalue weighted by atomic mass is 10.2. The number of rotatable bonds is 5. The predicted octanol–water partition coefficient (Wildman–Crippen LogP) is 1.33. The van der Waals surface area contributed by atoms with Gasteiger partial charge in [0.2, 0.25) is 17.5 Å². The smallest absolute Gasteiger partial charge is 0.236 e. The van der Waals surface area contributed by atoms with Crippen molar-refractivity contribution in [1.29, 1.82) is 5.26 Å². The maximum absolute atomic E-state index is 12.8. The molecule has 164 valence electrons. The van der Waals surface area contributed by atoms with E-state index in [0.29, 0.717) is 50.2 Å². The molecule has 2 fully saturated rings. The van der Waals surface area contributed by atoms with Crippen molar-refractivity contribution < 1.29 is 13.9 Å². The van der Waals surface area contributed by atoms with Gasteiger partial charge in [-0.1, -0.05) is 0 Å². The van der Waals surface area contributed by atoms with Crippen LogP contribution in [0.3, 0.4) is 0 Å². The molecule has 1 amide bonds. The van der Waals surface area contributed by atoms with Gasteiger partial charge < -0.3 is 23.9 Å². The summed E-state index contributed by atoms with van der Waals surface area (Å²) >= 11 is 0. The number of nitriles is 1. The Kier molecular flexibility index (Phi) is 6.28. The molecular weight excluding hydrogens is 396 g/mol. The van der Waals surface area contributed by atoms with Gasteiger partial charge in [-0.25, -0.2) is 4.98 Å². The molecule has 2 aliphatic rings. The van der Waals surface area contributed by atoms with Gasteiger partial charge >= 0.3 is 0 Å². The van der Waals surface area contributed by atoms with Crippen molar-refractivity contribution in [2.45, 2.75) is 6.92 Å². The summed E-state index contributed by atoms with van der Waals surface area (Å²) in [5.74, 6) is 2.02. The van der Waals surface area contributed by atoms with Crippen molar-refractivity contribution in [3.8, 4) is 11.8 Å². The van der Waals surface area contributed by atoms with Crippen LogP contribution in [0.15, 0.2) is 28.7 Å². The zero-order valence-electron chi connectivity index (χ0n) is 18.1. The third kappa shape index (κ3) is 4.75. The number of anilines is 2. The number of carbonyl (C=O) groups excluding carboxylic acids is 1. The summed E-state index contributed by atoms with van der Waals surface area (Å²) < 4.78 is 10.8. The number of carbonyl (C=O) groups is 1.